The van der Waals surface area contributed by atoms with E-state index in [9.17, 15) is 0 Å². The lowest BCUT2D eigenvalue weighted by molar-refractivity contribution is -0.684. The minimum atomic E-state index is 0. The molecule has 0 N–H and O–H groups in total. The summed E-state index contributed by atoms with van der Waals surface area (Å²) in [6.07, 6.45) is 2.09. The number of rotatable bonds is 2. The fourth-order valence-electron chi connectivity index (χ4n) is 3.59. The number of hydrogen-bond donors (Lipinski definition) is 0. The highest BCUT2D eigenvalue weighted by molar-refractivity contribution is 5.92. The van der Waals surface area contributed by atoms with Gasteiger partial charge in [-0.2, -0.15) is 4.57 Å². The molecule has 6 nitrogen and oxygen atoms in total. The fraction of sp³-hybridized carbons (Fsp3) is 0.250. The molecule has 5 rings (SSSR count). The van der Waals surface area contributed by atoms with E-state index in [1.165, 1.54) is 0 Å². The molecule has 0 atom stereocenters. The Balaban J connectivity index is 0.00000180. The van der Waals surface area contributed by atoms with E-state index in [4.69, 9.17) is 23.7 Å². The smallest absolute Gasteiger partial charge is 0.231 e. The second-order valence-corrected chi connectivity index (χ2v) is 6.21. The maximum Gasteiger partial charge on any atom is 0.231 e. The zero-order valence-electron chi connectivity index (χ0n) is 15.0. The summed E-state index contributed by atoms with van der Waals surface area (Å²) in [5.41, 5.74) is 2.05. The van der Waals surface area contributed by atoms with Crippen molar-refractivity contribution in [2.24, 2.45) is 0 Å². The predicted octanol–water partition coefficient (Wildman–Crippen LogP) is -0.0634. The van der Waals surface area contributed by atoms with Crippen molar-refractivity contribution < 1.29 is 40.7 Å². The summed E-state index contributed by atoms with van der Waals surface area (Å²) in [7, 11) is 3.31. The molecular formula is C20H18ClNO5. The molecule has 0 amide bonds. The molecule has 0 saturated heterocycles. The van der Waals surface area contributed by atoms with Crippen molar-refractivity contribution in [1.82, 2.24) is 0 Å². The largest absolute Gasteiger partial charge is 1.00 e. The van der Waals surface area contributed by atoms with Gasteiger partial charge in [-0.1, -0.05) is 0 Å². The number of methoxy groups -OCH3 is 2. The molecule has 0 fully saturated rings. The van der Waals surface area contributed by atoms with Gasteiger partial charge in [-0.05, 0) is 17.5 Å². The Morgan fingerprint density at radius 1 is 0.926 bits per heavy atom. The van der Waals surface area contributed by atoms with Crippen LogP contribution in [0.15, 0.2) is 36.5 Å². The van der Waals surface area contributed by atoms with Gasteiger partial charge in [-0.25, -0.2) is 0 Å². The van der Waals surface area contributed by atoms with Gasteiger partial charge in [0.05, 0.1) is 25.2 Å². The van der Waals surface area contributed by atoms with E-state index < -0.39 is 0 Å². The topological polar surface area (TPSA) is 50.0 Å². The molecule has 2 aliphatic heterocycles. The average Bonchev–Trinajstić information content (AvgIpc) is 3.05. The van der Waals surface area contributed by atoms with E-state index in [1.807, 2.05) is 24.3 Å². The molecule has 140 valence electrons. The van der Waals surface area contributed by atoms with Gasteiger partial charge in [-0.15, -0.1) is 0 Å². The average molecular weight is 388 g/mol. The van der Waals surface area contributed by atoms with Crippen LogP contribution in [0.4, 0.5) is 0 Å². The van der Waals surface area contributed by atoms with Crippen molar-refractivity contribution >= 4 is 10.8 Å². The van der Waals surface area contributed by atoms with Gasteiger partial charge < -0.3 is 36.1 Å². The van der Waals surface area contributed by atoms with Crippen LogP contribution in [0.2, 0.25) is 0 Å². The first-order valence-corrected chi connectivity index (χ1v) is 8.43. The summed E-state index contributed by atoms with van der Waals surface area (Å²) < 4.78 is 30.2. The highest BCUT2D eigenvalue weighted by atomic mass is 35.5. The molecular weight excluding hydrogens is 370 g/mol. The summed E-state index contributed by atoms with van der Waals surface area (Å²) >= 11 is 0. The Hall–Kier alpha value is -2.86. The van der Waals surface area contributed by atoms with Crippen molar-refractivity contribution in [1.29, 1.82) is 0 Å². The lowest BCUT2D eigenvalue weighted by Crippen LogP contribution is -3.00. The van der Waals surface area contributed by atoms with Crippen LogP contribution in [0.5, 0.6) is 28.7 Å². The summed E-state index contributed by atoms with van der Waals surface area (Å²) in [4.78, 5) is 0. The third-order valence-corrected chi connectivity index (χ3v) is 4.84. The van der Waals surface area contributed by atoms with Gasteiger partial charge in [0, 0.05) is 18.2 Å². The van der Waals surface area contributed by atoms with E-state index in [2.05, 4.69) is 16.8 Å². The quantitative estimate of drug-likeness (QED) is 0.577. The van der Waals surface area contributed by atoms with Crippen LogP contribution in [-0.4, -0.2) is 27.6 Å². The second kappa shape index (κ2) is 6.70. The van der Waals surface area contributed by atoms with Gasteiger partial charge in [-0.3, -0.25) is 0 Å². The number of benzene rings is 2. The Morgan fingerprint density at radius 3 is 2.52 bits per heavy atom. The van der Waals surface area contributed by atoms with E-state index >= 15 is 0 Å². The molecule has 2 aromatic carbocycles. The summed E-state index contributed by atoms with van der Waals surface area (Å²) in [6.45, 7) is 1.54. The van der Waals surface area contributed by atoms with E-state index in [1.54, 1.807) is 14.2 Å². The molecule has 0 saturated carbocycles. The van der Waals surface area contributed by atoms with E-state index in [0.29, 0.717) is 12.4 Å². The molecule has 1 aromatic heterocycles. The number of ether oxygens (including phenoxy) is 5. The monoisotopic (exact) mass is 387 g/mol. The zero-order valence-corrected chi connectivity index (χ0v) is 15.7. The Morgan fingerprint density at radius 2 is 1.74 bits per heavy atom. The fourth-order valence-corrected chi connectivity index (χ4v) is 3.59. The van der Waals surface area contributed by atoms with Crippen LogP contribution in [-0.2, 0) is 6.54 Å². The molecule has 2 aliphatic rings. The molecule has 0 unspecified atom stereocenters. The first-order chi connectivity index (χ1) is 12.8. The maximum absolute atomic E-state index is 5.97. The minimum Gasteiger partial charge on any atom is -1.00 e. The lowest BCUT2D eigenvalue weighted by atomic mass is 10.0. The van der Waals surface area contributed by atoms with Crippen molar-refractivity contribution in [3.8, 4) is 40.0 Å². The van der Waals surface area contributed by atoms with Gasteiger partial charge in [0.2, 0.25) is 12.5 Å². The molecule has 0 radical (unpaired) electrons. The zero-order chi connectivity index (χ0) is 17.7. The maximum atomic E-state index is 5.97. The van der Waals surface area contributed by atoms with Crippen molar-refractivity contribution in [3.05, 3.63) is 36.5 Å². The van der Waals surface area contributed by atoms with Crippen LogP contribution in [0.25, 0.3) is 22.0 Å². The predicted molar refractivity (Wildman–Crippen MR) is 94.3 cm³/mol. The van der Waals surface area contributed by atoms with Crippen molar-refractivity contribution in [2.75, 3.05) is 27.6 Å². The molecule has 3 aromatic rings. The number of halogens is 1. The third kappa shape index (κ3) is 2.68. The number of nitrogens with zero attached hydrogens (tertiary/aromatic N) is 1. The van der Waals surface area contributed by atoms with Gasteiger partial charge >= 0.3 is 0 Å². The Kier molecular flexibility index (Phi) is 4.36. The number of pyridine rings is 1. The van der Waals surface area contributed by atoms with Crippen LogP contribution >= 0.6 is 0 Å². The molecule has 3 heterocycles. The van der Waals surface area contributed by atoms with Crippen molar-refractivity contribution in [2.45, 2.75) is 6.54 Å². The minimum absolute atomic E-state index is 0. The van der Waals surface area contributed by atoms with Crippen LogP contribution in [0, 0.1) is 0 Å². The van der Waals surface area contributed by atoms with Gasteiger partial charge in [0.25, 0.3) is 0 Å². The molecule has 0 aliphatic carbocycles. The Bertz CT molecular complexity index is 1040. The summed E-state index contributed by atoms with van der Waals surface area (Å²) in [5, 5.41) is 2.07. The number of fused-ring (bicyclic) bond motifs is 5. The molecule has 0 bridgehead atoms. The SMILES string of the molecule is COc1ccc2cc3[n+](cc2c1OC)CCOc1cc2c(cc1-3)OCO2.[Cl-]. The van der Waals surface area contributed by atoms with E-state index in [0.717, 1.165) is 51.6 Å². The highest BCUT2D eigenvalue weighted by Crippen LogP contribution is 2.43. The first-order valence-electron chi connectivity index (χ1n) is 8.43. The van der Waals surface area contributed by atoms with Crippen molar-refractivity contribution in [3.63, 3.8) is 0 Å². The Labute approximate surface area is 162 Å². The standard InChI is InChI=1S/C20H18NO5.ClH/c1-22-16-4-3-12-7-15-13-8-18-19(26-11-25-18)9-17(13)24-6-5-21(15)10-14(12)20(16)23-2;/h3-4,7-10H,5-6,11H2,1-2H3;1H/q+1;/p-1. The summed E-state index contributed by atoms with van der Waals surface area (Å²) in [6, 6.07) is 10.0. The lowest BCUT2D eigenvalue weighted by Gasteiger charge is -2.11. The first kappa shape index (κ1) is 17.5. The number of aromatic nitrogens is 1. The molecule has 7 heteroatoms. The van der Waals surface area contributed by atoms with Crippen LogP contribution in [0.1, 0.15) is 0 Å². The van der Waals surface area contributed by atoms with Crippen LogP contribution in [0.3, 0.4) is 0 Å². The van der Waals surface area contributed by atoms with Gasteiger partial charge in [0.15, 0.2) is 35.7 Å². The molecule has 27 heavy (non-hydrogen) atoms. The highest BCUT2D eigenvalue weighted by Gasteiger charge is 2.28. The normalized spacial score (nSPS) is 13.7. The van der Waals surface area contributed by atoms with Gasteiger partial charge in [0.1, 0.15) is 12.4 Å². The second-order valence-electron chi connectivity index (χ2n) is 6.21. The van der Waals surface area contributed by atoms with Crippen LogP contribution < -0.4 is 40.7 Å². The number of hydrogen-bond acceptors (Lipinski definition) is 5. The molecule has 0 spiro atoms. The van der Waals surface area contributed by atoms with E-state index in [-0.39, 0.29) is 19.2 Å². The summed E-state index contributed by atoms with van der Waals surface area (Å²) in [5.74, 6) is 3.73. The third-order valence-electron chi connectivity index (χ3n) is 4.84.